The van der Waals surface area contributed by atoms with Crippen molar-refractivity contribution in [3.05, 3.63) is 29.6 Å². The van der Waals surface area contributed by atoms with Crippen LogP contribution in [0.4, 0.5) is 23.7 Å². The van der Waals surface area contributed by atoms with E-state index in [-0.39, 0.29) is 6.61 Å². The van der Waals surface area contributed by atoms with E-state index in [1.54, 1.807) is 18.7 Å². The Hall–Kier alpha value is -2.82. The first-order valence-corrected chi connectivity index (χ1v) is 9.11. The van der Waals surface area contributed by atoms with E-state index < -0.39 is 53.6 Å². The van der Waals surface area contributed by atoms with Crippen molar-refractivity contribution in [1.29, 1.82) is 0 Å². The number of nitrogens with one attached hydrogen (secondary N) is 2. The Morgan fingerprint density at radius 2 is 1.76 bits per heavy atom. The molecule has 1 aromatic carbocycles. The molecule has 0 spiro atoms. The van der Waals surface area contributed by atoms with Crippen LogP contribution in [0.5, 0.6) is 0 Å². The Labute approximate surface area is 166 Å². The summed E-state index contributed by atoms with van der Waals surface area (Å²) in [5.41, 5.74) is -0.522. The second-order valence-electron chi connectivity index (χ2n) is 6.39. The third-order valence-corrected chi connectivity index (χ3v) is 4.50. The number of rotatable bonds is 6. The van der Waals surface area contributed by atoms with Gasteiger partial charge >= 0.3 is 6.09 Å². The van der Waals surface area contributed by atoms with Crippen LogP contribution in [0.2, 0.25) is 0 Å². The lowest BCUT2D eigenvalue weighted by atomic mass is 10.2. The number of hydrogen-bond acceptors (Lipinski definition) is 5. The van der Waals surface area contributed by atoms with Crippen LogP contribution in [-0.2, 0) is 14.3 Å². The molecule has 3 amide bonds. The summed E-state index contributed by atoms with van der Waals surface area (Å²) in [5.74, 6) is -5.80. The van der Waals surface area contributed by atoms with E-state index in [4.69, 9.17) is 4.74 Å². The molecule has 1 aromatic rings. The van der Waals surface area contributed by atoms with Gasteiger partial charge in [0.2, 0.25) is 11.8 Å². The maximum Gasteiger partial charge on any atom is 0.409 e. The minimum Gasteiger partial charge on any atom is -0.450 e. The van der Waals surface area contributed by atoms with Crippen LogP contribution in [0.1, 0.15) is 13.8 Å². The van der Waals surface area contributed by atoms with Gasteiger partial charge in [-0.05, 0) is 26.0 Å². The standard InChI is InChI=1S/C18H23F3N4O4/c1-3-29-18(28)25-8-6-24(7-9-25)11(2)17(27)22-10-14(26)23-13-5-4-12(19)15(20)16(13)21/h4-5,11H,3,6-10H2,1-2H3,(H,22,27)(H,23,26)/t11-/m1/s1. The average molecular weight is 416 g/mol. The van der Waals surface area contributed by atoms with Crippen molar-refractivity contribution in [1.82, 2.24) is 15.1 Å². The molecule has 0 radical (unpaired) electrons. The fraction of sp³-hybridized carbons (Fsp3) is 0.500. The largest absolute Gasteiger partial charge is 0.450 e. The quantitative estimate of drug-likeness (QED) is 0.683. The molecule has 0 aliphatic carbocycles. The first-order valence-electron chi connectivity index (χ1n) is 9.11. The van der Waals surface area contributed by atoms with Crippen molar-refractivity contribution in [2.24, 2.45) is 0 Å². The zero-order valence-electron chi connectivity index (χ0n) is 16.1. The van der Waals surface area contributed by atoms with E-state index in [2.05, 4.69) is 10.6 Å². The van der Waals surface area contributed by atoms with Crippen molar-refractivity contribution in [3.63, 3.8) is 0 Å². The summed E-state index contributed by atoms with van der Waals surface area (Å²) in [4.78, 5) is 39.2. The molecule has 29 heavy (non-hydrogen) atoms. The highest BCUT2D eigenvalue weighted by Gasteiger charge is 2.28. The summed E-state index contributed by atoms with van der Waals surface area (Å²) in [6.45, 7) is 4.93. The third kappa shape index (κ3) is 5.83. The molecule has 11 heteroatoms. The van der Waals surface area contributed by atoms with E-state index in [0.717, 1.165) is 6.07 Å². The van der Waals surface area contributed by atoms with Gasteiger partial charge in [0.25, 0.3) is 0 Å². The summed E-state index contributed by atoms with van der Waals surface area (Å²) in [5, 5.41) is 4.49. The lowest BCUT2D eigenvalue weighted by Crippen LogP contribution is -2.55. The maximum absolute atomic E-state index is 13.6. The predicted octanol–water partition coefficient (Wildman–Crippen LogP) is 1.32. The lowest BCUT2D eigenvalue weighted by molar-refractivity contribution is -0.128. The zero-order valence-corrected chi connectivity index (χ0v) is 16.1. The molecule has 1 fully saturated rings. The number of nitrogens with zero attached hydrogens (tertiary/aromatic N) is 2. The topological polar surface area (TPSA) is 91.0 Å². The van der Waals surface area contributed by atoms with Gasteiger partial charge in [-0.1, -0.05) is 0 Å². The predicted molar refractivity (Wildman–Crippen MR) is 97.6 cm³/mol. The molecule has 0 bridgehead atoms. The number of halogens is 3. The minimum atomic E-state index is -1.69. The molecule has 2 rings (SSSR count). The van der Waals surface area contributed by atoms with Crippen LogP contribution in [-0.4, -0.2) is 73.1 Å². The summed E-state index contributed by atoms with van der Waals surface area (Å²) in [6, 6.07) is 1.01. The summed E-state index contributed by atoms with van der Waals surface area (Å²) < 4.78 is 44.6. The van der Waals surface area contributed by atoms with Crippen LogP contribution in [0.3, 0.4) is 0 Å². The third-order valence-electron chi connectivity index (χ3n) is 4.50. The van der Waals surface area contributed by atoms with E-state index >= 15 is 0 Å². The van der Waals surface area contributed by atoms with E-state index in [1.807, 2.05) is 4.90 Å². The normalized spacial score (nSPS) is 15.6. The van der Waals surface area contributed by atoms with Gasteiger partial charge in [0.1, 0.15) is 0 Å². The van der Waals surface area contributed by atoms with Crippen LogP contribution in [0.15, 0.2) is 12.1 Å². The molecular formula is C18H23F3N4O4. The number of carbonyl (C=O) groups is 3. The van der Waals surface area contributed by atoms with Crippen LogP contribution in [0, 0.1) is 17.5 Å². The molecule has 8 nitrogen and oxygen atoms in total. The van der Waals surface area contributed by atoms with Gasteiger partial charge in [0.15, 0.2) is 17.5 Å². The molecular weight excluding hydrogens is 393 g/mol. The Bertz CT molecular complexity index is 770. The van der Waals surface area contributed by atoms with Crippen molar-refractivity contribution < 1.29 is 32.3 Å². The smallest absolute Gasteiger partial charge is 0.409 e. The van der Waals surface area contributed by atoms with Gasteiger partial charge in [-0.2, -0.15) is 0 Å². The second kappa shape index (κ2) is 10.1. The average Bonchev–Trinajstić information content (AvgIpc) is 2.72. The minimum absolute atomic E-state index is 0.286. The second-order valence-corrected chi connectivity index (χ2v) is 6.39. The van der Waals surface area contributed by atoms with E-state index in [9.17, 15) is 27.6 Å². The van der Waals surface area contributed by atoms with Crippen LogP contribution < -0.4 is 10.6 Å². The fourth-order valence-corrected chi connectivity index (χ4v) is 2.80. The van der Waals surface area contributed by atoms with Crippen molar-refractivity contribution in [2.45, 2.75) is 19.9 Å². The van der Waals surface area contributed by atoms with Gasteiger partial charge in [0.05, 0.1) is 24.9 Å². The molecule has 2 N–H and O–H groups in total. The first-order chi connectivity index (χ1) is 13.7. The van der Waals surface area contributed by atoms with Crippen LogP contribution in [0.25, 0.3) is 0 Å². The highest BCUT2D eigenvalue weighted by Crippen LogP contribution is 2.19. The van der Waals surface area contributed by atoms with Gasteiger partial charge in [-0.3, -0.25) is 14.5 Å². The summed E-state index contributed by atoms with van der Waals surface area (Å²) in [7, 11) is 0. The Balaban J connectivity index is 1.79. The Morgan fingerprint density at radius 3 is 2.38 bits per heavy atom. The summed E-state index contributed by atoms with van der Waals surface area (Å²) >= 11 is 0. The number of anilines is 1. The first kappa shape index (κ1) is 22.5. The molecule has 0 unspecified atom stereocenters. The number of benzene rings is 1. The van der Waals surface area contributed by atoms with Gasteiger partial charge in [0, 0.05) is 26.2 Å². The molecule has 0 saturated carbocycles. The van der Waals surface area contributed by atoms with Gasteiger partial charge < -0.3 is 20.3 Å². The van der Waals surface area contributed by atoms with Crippen molar-refractivity contribution >= 4 is 23.6 Å². The molecule has 1 heterocycles. The van der Waals surface area contributed by atoms with Crippen LogP contribution >= 0.6 is 0 Å². The Morgan fingerprint density at radius 1 is 1.10 bits per heavy atom. The van der Waals surface area contributed by atoms with Gasteiger partial charge in [-0.15, -0.1) is 0 Å². The van der Waals surface area contributed by atoms with Gasteiger partial charge in [-0.25, -0.2) is 18.0 Å². The Kier molecular flexibility index (Phi) is 7.82. The fourth-order valence-electron chi connectivity index (χ4n) is 2.80. The van der Waals surface area contributed by atoms with Crippen molar-refractivity contribution in [2.75, 3.05) is 44.6 Å². The molecule has 0 aromatic heterocycles. The molecule has 1 atom stereocenters. The number of ether oxygens (including phenoxy) is 1. The SMILES string of the molecule is CCOC(=O)N1CCN([C@H](C)C(=O)NCC(=O)Nc2ccc(F)c(F)c2F)CC1. The number of hydrogen-bond donors (Lipinski definition) is 2. The lowest BCUT2D eigenvalue weighted by Gasteiger charge is -2.36. The molecule has 1 saturated heterocycles. The number of piperazine rings is 1. The zero-order chi connectivity index (χ0) is 21.6. The highest BCUT2D eigenvalue weighted by atomic mass is 19.2. The molecule has 160 valence electrons. The van der Waals surface area contributed by atoms with Crippen molar-refractivity contribution in [3.8, 4) is 0 Å². The summed E-state index contributed by atoms with van der Waals surface area (Å²) in [6.07, 6.45) is -0.398. The molecule has 1 aliphatic heterocycles. The monoisotopic (exact) mass is 416 g/mol. The number of amides is 3. The highest BCUT2D eigenvalue weighted by molar-refractivity contribution is 5.95. The van der Waals surface area contributed by atoms with E-state index in [1.165, 1.54) is 0 Å². The number of carbonyl (C=O) groups excluding carboxylic acids is 3. The molecule has 1 aliphatic rings. The van der Waals surface area contributed by atoms with E-state index in [0.29, 0.717) is 32.2 Å². The maximum atomic E-state index is 13.6.